The second-order valence-corrected chi connectivity index (χ2v) is 4.02. The summed E-state index contributed by atoms with van der Waals surface area (Å²) < 4.78 is 34.9. The second kappa shape index (κ2) is 3.79. The molecule has 2 rings (SSSR count). The summed E-state index contributed by atoms with van der Waals surface area (Å²) in [6.45, 7) is -0.774. The molecule has 1 aliphatic heterocycles. The smallest absolute Gasteiger partial charge is 0.433 e. The van der Waals surface area contributed by atoms with E-state index in [0.717, 1.165) is 5.56 Å². The maximum atomic E-state index is 12.8. The van der Waals surface area contributed by atoms with Crippen molar-refractivity contribution in [1.29, 1.82) is 0 Å². The van der Waals surface area contributed by atoms with Gasteiger partial charge in [-0.1, -0.05) is 27.5 Å². The van der Waals surface area contributed by atoms with Crippen LogP contribution in [-0.4, -0.2) is 12.7 Å². The Hall–Kier alpha value is -0.550. The van der Waals surface area contributed by atoms with Crippen molar-refractivity contribution < 1.29 is 18.3 Å². The van der Waals surface area contributed by atoms with Crippen molar-refractivity contribution in [2.24, 2.45) is 0 Å². The van der Waals surface area contributed by atoms with Crippen LogP contribution in [0.4, 0.5) is 8.78 Å². The highest BCUT2D eigenvalue weighted by Crippen LogP contribution is 2.40. The van der Waals surface area contributed by atoms with E-state index >= 15 is 0 Å². The summed E-state index contributed by atoms with van der Waals surface area (Å²) in [4.78, 5) is 0. The van der Waals surface area contributed by atoms with Crippen LogP contribution in [0, 0.1) is 0 Å². The van der Waals surface area contributed by atoms with E-state index in [1.807, 2.05) is 0 Å². The fourth-order valence-corrected chi connectivity index (χ4v) is 2.07. The van der Waals surface area contributed by atoms with E-state index in [1.54, 1.807) is 6.07 Å². The first-order valence-electron chi connectivity index (χ1n) is 4.10. The fourth-order valence-electron chi connectivity index (χ4n) is 1.22. The highest BCUT2D eigenvalue weighted by molar-refractivity contribution is 9.08. The number of halogens is 4. The van der Waals surface area contributed by atoms with Gasteiger partial charge in [-0.15, -0.1) is 0 Å². The third kappa shape index (κ3) is 2.18. The Labute approximate surface area is 98.2 Å². The predicted octanol–water partition coefficient (Wildman–Crippen LogP) is 3.60. The molecule has 0 bridgehead atoms. The SMILES string of the molecule is FC1(F)COc2cc(CBr)c(Cl)cc2O1. The lowest BCUT2D eigenvalue weighted by atomic mass is 10.2. The predicted molar refractivity (Wildman–Crippen MR) is 55.2 cm³/mol. The summed E-state index contributed by atoms with van der Waals surface area (Å²) in [5.74, 6) is 0.265. The summed E-state index contributed by atoms with van der Waals surface area (Å²) in [5, 5.41) is 0.894. The largest absolute Gasteiger partial charge is 0.479 e. The minimum Gasteiger partial charge on any atom is -0.479 e. The molecule has 0 aromatic heterocycles. The van der Waals surface area contributed by atoms with Gasteiger partial charge in [-0.05, 0) is 11.6 Å². The summed E-state index contributed by atoms with van der Waals surface area (Å²) in [7, 11) is 0. The van der Waals surface area contributed by atoms with Crippen molar-refractivity contribution in [1.82, 2.24) is 0 Å². The molecule has 6 heteroatoms. The molecule has 1 aliphatic rings. The fraction of sp³-hybridized carbons (Fsp3) is 0.333. The number of hydrogen-bond acceptors (Lipinski definition) is 2. The molecule has 0 fully saturated rings. The Kier molecular flexibility index (Phi) is 2.77. The molecule has 15 heavy (non-hydrogen) atoms. The van der Waals surface area contributed by atoms with Gasteiger partial charge in [0.2, 0.25) is 0 Å². The van der Waals surface area contributed by atoms with Gasteiger partial charge in [-0.25, -0.2) is 0 Å². The topological polar surface area (TPSA) is 18.5 Å². The summed E-state index contributed by atoms with van der Waals surface area (Å²) in [6.07, 6.45) is -3.29. The van der Waals surface area contributed by atoms with Crippen molar-refractivity contribution >= 4 is 27.5 Å². The molecular weight excluding hydrogens is 293 g/mol. The first-order valence-corrected chi connectivity index (χ1v) is 5.60. The number of fused-ring (bicyclic) bond motifs is 1. The van der Waals surface area contributed by atoms with E-state index in [0.29, 0.717) is 16.1 Å². The molecule has 0 unspecified atom stereocenters. The minimum atomic E-state index is -3.29. The molecule has 0 saturated carbocycles. The number of hydrogen-bond donors (Lipinski definition) is 0. The standard InChI is InChI=1S/C9H6BrClF2O2/c10-3-5-1-7-8(2-6(5)11)15-9(12,13)4-14-7/h1-2H,3-4H2. The molecule has 0 aliphatic carbocycles. The lowest BCUT2D eigenvalue weighted by molar-refractivity contribution is -0.208. The molecule has 1 heterocycles. The molecule has 0 spiro atoms. The van der Waals surface area contributed by atoms with Crippen molar-refractivity contribution in [3.8, 4) is 11.5 Å². The second-order valence-electron chi connectivity index (χ2n) is 3.05. The Morgan fingerprint density at radius 3 is 2.80 bits per heavy atom. The van der Waals surface area contributed by atoms with E-state index in [4.69, 9.17) is 16.3 Å². The lowest BCUT2D eigenvalue weighted by Crippen LogP contribution is -2.35. The monoisotopic (exact) mass is 298 g/mol. The number of rotatable bonds is 1. The van der Waals surface area contributed by atoms with E-state index in [-0.39, 0.29) is 5.75 Å². The van der Waals surface area contributed by atoms with Gasteiger partial charge in [0.25, 0.3) is 0 Å². The Bertz CT molecular complexity index is 398. The number of ether oxygens (including phenoxy) is 2. The van der Waals surface area contributed by atoms with Gasteiger partial charge in [0, 0.05) is 16.4 Å². The van der Waals surface area contributed by atoms with Crippen LogP contribution >= 0.6 is 27.5 Å². The van der Waals surface area contributed by atoms with Gasteiger partial charge < -0.3 is 9.47 Å². The van der Waals surface area contributed by atoms with Crippen molar-refractivity contribution in [3.63, 3.8) is 0 Å². The molecule has 0 saturated heterocycles. The molecule has 82 valence electrons. The van der Waals surface area contributed by atoms with Crippen LogP contribution in [0.25, 0.3) is 0 Å². The van der Waals surface area contributed by atoms with Gasteiger partial charge in [0.15, 0.2) is 18.1 Å². The van der Waals surface area contributed by atoms with E-state index < -0.39 is 12.7 Å². The number of benzene rings is 1. The van der Waals surface area contributed by atoms with Crippen molar-refractivity contribution in [2.75, 3.05) is 6.61 Å². The Morgan fingerprint density at radius 2 is 2.13 bits per heavy atom. The Morgan fingerprint density at radius 1 is 1.40 bits per heavy atom. The minimum absolute atomic E-state index is 0.0269. The van der Waals surface area contributed by atoms with Crippen LogP contribution in [0.1, 0.15) is 5.56 Å². The van der Waals surface area contributed by atoms with E-state index in [1.165, 1.54) is 6.07 Å². The summed E-state index contributed by atoms with van der Waals surface area (Å²) >= 11 is 9.07. The van der Waals surface area contributed by atoms with Gasteiger partial charge in [0.1, 0.15) is 0 Å². The van der Waals surface area contributed by atoms with Gasteiger partial charge in [-0.2, -0.15) is 8.78 Å². The highest BCUT2D eigenvalue weighted by atomic mass is 79.9. The van der Waals surface area contributed by atoms with Crippen LogP contribution in [0.3, 0.4) is 0 Å². The van der Waals surface area contributed by atoms with E-state index in [2.05, 4.69) is 20.7 Å². The number of alkyl halides is 3. The first kappa shape index (κ1) is 11.0. The highest BCUT2D eigenvalue weighted by Gasteiger charge is 2.38. The van der Waals surface area contributed by atoms with E-state index in [9.17, 15) is 8.78 Å². The zero-order valence-corrected chi connectivity index (χ0v) is 9.74. The molecule has 1 aromatic rings. The molecule has 0 atom stereocenters. The maximum absolute atomic E-state index is 12.8. The van der Waals surface area contributed by atoms with Gasteiger partial charge >= 0.3 is 6.11 Å². The normalized spacial score (nSPS) is 17.6. The van der Waals surface area contributed by atoms with Crippen LogP contribution in [-0.2, 0) is 5.33 Å². The van der Waals surface area contributed by atoms with Crippen molar-refractivity contribution in [3.05, 3.63) is 22.7 Å². The average molecular weight is 299 g/mol. The van der Waals surface area contributed by atoms with Crippen LogP contribution in [0.15, 0.2) is 12.1 Å². The van der Waals surface area contributed by atoms with Crippen LogP contribution < -0.4 is 9.47 Å². The van der Waals surface area contributed by atoms with Crippen molar-refractivity contribution in [2.45, 2.75) is 11.4 Å². The van der Waals surface area contributed by atoms with Gasteiger partial charge in [0.05, 0.1) is 0 Å². The average Bonchev–Trinajstić information content (AvgIpc) is 2.15. The molecule has 0 amide bonds. The zero-order chi connectivity index (χ0) is 11.1. The summed E-state index contributed by atoms with van der Waals surface area (Å²) in [6, 6.07) is 2.92. The summed E-state index contributed by atoms with van der Waals surface area (Å²) in [5.41, 5.74) is 0.768. The third-order valence-electron chi connectivity index (χ3n) is 1.91. The third-order valence-corrected chi connectivity index (χ3v) is 2.87. The molecule has 0 radical (unpaired) electrons. The lowest BCUT2D eigenvalue weighted by Gasteiger charge is -2.26. The van der Waals surface area contributed by atoms with Crippen LogP contribution in [0.5, 0.6) is 11.5 Å². The molecule has 2 nitrogen and oxygen atoms in total. The zero-order valence-electron chi connectivity index (χ0n) is 7.40. The Balaban J connectivity index is 2.41. The quantitative estimate of drug-likeness (QED) is 0.738. The van der Waals surface area contributed by atoms with Gasteiger partial charge in [-0.3, -0.25) is 0 Å². The van der Waals surface area contributed by atoms with Crippen LogP contribution in [0.2, 0.25) is 5.02 Å². The maximum Gasteiger partial charge on any atom is 0.433 e. The molecule has 1 aromatic carbocycles. The first-order chi connectivity index (χ1) is 7.02. The molecule has 0 N–H and O–H groups in total. The molecular formula is C9H6BrClF2O2.